The maximum atomic E-state index is 12.3. The Balaban J connectivity index is 2.62. The summed E-state index contributed by atoms with van der Waals surface area (Å²) in [6.45, 7) is 9.31. The van der Waals surface area contributed by atoms with Crippen LogP contribution in [0.15, 0.2) is 24.3 Å². The van der Waals surface area contributed by atoms with Crippen LogP contribution in [-0.4, -0.2) is 71.8 Å². The zero-order valence-electron chi connectivity index (χ0n) is 21.8. The number of carboxylic acids is 1. The van der Waals surface area contributed by atoms with E-state index in [0.717, 1.165) is 20.8 Å². The molecule has 14 heteroatoms. The Morgan fingerprint density at radius 1 is 0.795 bits per heavy atom. The standard InChI is InChI=1S/C25H28Cl2O12/c1-7-11(2)21(29)16-8-9-17(20(27)19(16)26)35-10-18(28)36-13(4)23(32)38-15(6)25(34)39-14(5)24(33)37-12(3)22(30)31/h8-9,12-15H,2,7,10H2,1,3-6H3,(H,30,31)/t12-,13-,14-,15-/m0/s1. The topological polar surface area (TPSA) is 169 Å². The van der Waals surface area contributed by atoms with E-state index in [2.05, 4.69) is 11.3 Å². The SMILES string of the molecule is C=C(CC)C(=O)c1ccc(OCC(=O)O[C@@H](C)C(=O)O[C@@H](C)C(=O)O[C@@H](C)C(=O)O[C@@H](C)C(=O)O)c(Cl)c1Cl. The monoisotopic (exact) mass is 590 g/mol. The minimum absolute atomic E-state index is 0.0192. The normalized spacial score (nSPS) is 13.6. The van der Waals surface area contributed by atoms with E-state index in [-0.39, 0.29) is 27.1 Å². The summed E-state index contributed by atoms with van der Waals surface area (Å²) in [6.07, 6.45) is -5.50. The van der Waals surface area contributed by atoms with E-state index in [1.54, 1.807) is 6.92 Å². The number of carboxylic acid groups (broad SMARTS) is 1. The number of aliphatic carboxylic acids is 1. The molecule has 0 saturated heterocycles. The summed E-state index contributed by atoms with van der Waals surface area (Å²) in [7, 11) is 0. The molecule has 0 heterocycles. The molecular formula is C25H28Cl2O12. The first-order valence-corrected chi connectivity index (χ1v) is 12.2. The Kier molecular flexibility index (Phi) is 12.9. The molecule has 39 heavy (non-hydrogen) atoms. The lowest BCUT2D eigenvalue weighted by Gasteiger charge is -2.19. The average Bonchev–Trinajstić information content (AvgIpc) is 2.88. The van der Waals surface area contributed by atoms with Crippen LogP contribution in [0.4, 0.5) is 0 Å². The Morgan fingerprint density at radius 3 is 1.72 bits per heavy atom. The maximum absolute atomic E-state index is 12.3. The van der Waals surface area contributed by atoms with Gasteiger partial charge in [0.05, 0.1) is 5.02 Å². The molecule has 1 aromatic rings. The summed E-state index contributed by atoms with van der Waals surface area (Å²) in [6, 6.07) is 2.70. The lowest BCUT2D eigenvalue weighted by atomic mass is 10.0. The van der Waals surface area contributed by atoms with Crippen molar-refractivity contribution in [1.29, 1.82) is 0 Å². The molecule has 1 N–H and O–H groups in total. The largest absolute Gasteiger partial charge is 0.480 e. The van der Waals surface area contributed by atoms with Crippen molar-refractivity contribution in [1.82, 2.24) is 0 Å². The lowest BCUT2D eigenvalue weighted by molar-refractivity contribution is -0.184. The van der Waals surface area contributed by atoms with Gasteiger partial charge >= 0.3 is 29.8 Å². The molecule has 12 nitrogen and oxygen atoms in total. The smallest absolute Gasteiger partial charge is 0.347 e. The van der Waals surface area contributed by atoms with Gasteiger partial charge in [0.15, 0.2) is 36.8 Å². The molecule has 0 unspecified atom stereocenters. The van der Waals surface area contributed by atoms with E-state index in [1.807, 2.05) is 0 Å². The van der Waals surface area contributed by atoms with E-state index in [0.29, 0.717) is 12.0 Å². The van der Waals surface area contributed by atoms with Gasteiger partial charge in [-0.3, -0.25) is 4.79 Å². The van der Waals surface area contributed by atoms with Crippen LogP contribution in [0.5, 0.6) is 5.75 Å². The fourth-order valence-electron chi connectivity index (χ4n) is 2.54. The number of hydrogen-bond acceptors (Lipinski definition) is 11. The van der Waals surface area contributed by atoms with Gasteiger partial charge in [0.1, 0.15) is 10.8 Å². The zero-order valence-corrected chi connectivity index (χ0v) is 23.3. The first-order valence-electron chi connectivity index (χ1n) is 11.5. The molecule has 1 aromatic carbocycles. The Morgan fingerprint density at radius 2 is 1.26 bits per heavy atom. The first-order chi connectivity index (χ1) is 18.1. The molecule has 0 bridgehead atoms. The van der Waals surface area contributed by atoms with E-state index in [9.17, 15) is 28.8 Å². The fraction of sp³-hybridized carbons (Fsp3) is 0.440. The molecule has 214 valence electrons. The Labute approximate surface area is 234 Å². The van der Waals surface area contributed by atoms with E-state index in [1.165, 1.54) is 19.1 Å². The van der Waals surface area contributed by atoms with Crippen LogP contribution in [-0.2, 0) is 42.9 Å². The van der Waals surface area contributed by atoms with E-state index >= 15 is 0 Å². The number of rotatable bonds is 14. The van der Waals surface area contributed by atoms with Crippen molar-refractivity contribution in [3.05, 3.63) is 39.9 Å². The van der Waals surface area contributed by atoms with Crippen molar-refractivity contribution >= 4 is 58.8 Å². The predicted octanol–water partition coefficient (Wildman–Crippen LogP) is 3.33. The second-order valence-corrected chi connectivity index (χ2v) is 8.78. The molecule has 0 spiro atoms. The lowest BCUT2D eigenvalue weighted by Crippen LogP contribution is -2.37. The van der Waals surface area contributed by atoms with Gasteiger partial charge in [-0.05, 0) is 51.8 Å². The minimum atomic E-state index is -1.51. The number of Topliss-reactive ketones (excluding diaryl/α,β-unsaturated/α-hetero) is 1. The van der Waals surface area contributed by atoms with Crippen LogP contribution in [0.1, 0.15) is 51.4 Å². The Bertz CT molecular complexity index is 1150. The second-order valence-electron chi connectivity index (χ2n) is 8.02. The van der Waals surface area contributed by atoms with Gasteiger partial charge in [0, 0.05) is 5.56 Å². The zero-order chi connectivity index (χ0) is 30.0. The van der Waals surface area contributed by atoms with Gasteiger partial charge in [-0.25, -0.2) is 24.0 Å². The molecule has 0 aliphatic carbocycles. The summed E-state index contributed by atoms with van der Waals surface area (Å²) >= 11 is 12.3. The summed E-state index contributed by atoms with van der Waals surface area (Å²) in [5.74, 6) is -6.15. The number of halogens is 2. The van der Waals surface area contributed by atoms with Crippen molar-refractivity contribution in [2.75, 3.05) is 6.61 Å². The fourth-order valence-corrected chi connectivity index (χ4v) is 3.00. The van der Waals surface area contributed by atoms with Crippen LogP contribution in [0, 0.1) is 0 Å². The Hall–Kier alpha value is -3.64. The molecule has 0 fully saturated rings. The highest BCUT2D eigenvalue weighted by Gasteiger charge is 2.30. The molecule has 0 aliphatic rings. The van der Waals surface area contributed by atoms with Crippen molar-refractivity contribution in [3.63, 3.8) is 0 Å². The number of carbonyl (C=O) groups excluding carboxylic acids is 5. The molecule has 0 aliphatic heterocycles. The number of ether oxygens (including phenoxy) is 5. The van der Waals surface area contributed by atoms with Crippen LogP contribution in [0.2, 0.25) is 10.0 Å². The number of ketones is 1. The molecule has 4 atom stereocenters. The molecule has 0 saturated carbocycles. The number of hydrogen-bond donors (Lipinski definition) is 1. The maximum Gasteiger partial charge on any atom is 0.347 e. The first kappa shape index (κ1) is 33.4. The van der Waals surface area contributed by atoms with E-state index in [4.69, 9.17) is 47.3 Å². The molecular weight excluding hydrogens is 563 g/mol. The van der Waals surface area contributed by atoms with Gasteiger partial charge in [-0.15, -0.1) is 0 Å². The van der Waals surface area contributed by atoms with E-state index < -0.39 is 60.9 Å². The quantitative estimate of drug-likeness (QED) is 0.145. The number of esters is 4. The van der Waals surface area contributed by atoms with Gasteiger partial charge in [-0.2, -0.15) is 0 Å². The van der Waals surface area contributed by atoms with Gasteiger partial charge in [0.25, 0.3) is 0 Å². The number of allylic oxidation sites excluding steroid dienone is 1. The third kappa shape index (κ3) is 9.88. The summed E-state index contributed by atoms with van der Waals surface area (Å²) in [4.78, 5) is 71.3. The van der Waals surface area contributed by atoms with Gasteiger partial charge < -0.3 is 28.8 Å². The van der Waals surface area contributed by atoms with Crippen LogP contribution >= 0.6 is 23.2 Å². The van der Waals surface area contributed by atoms with Gasteiger partial charge in [-0.1, -0.05) is 36.7 Å². The van der Waals surface area contributed by atoms with Crippen LogP contribution in [0.25, 0.3) is 0 Å². The number of carbonyl (C=O) groups is 6. The molecule has 1 rings (SSSR count). The molecule has 0 radical (unpaired) electrons. The van der Waals surface area contributed by atoms with Crippen molar-refractivity contribution < 1.29 is 57.6 Å². The van der Waals surface area contributed by atoms with Gasteiger partial charge in [0.2, 0.25) is 0 Å². The average molecular weight is 591 g/mol. The van der Waals surface area contributed by atoms with Crippen molar-refractivity contribution in [2.24, 2.45) is 0 Å². The summed E-state index contributed by atoms with van der Waals surface area (Å²) in [5, 5.41) is 8.55. The third-order valence-electron chi connectivity index (χ3n) is 4.92. The van der Waals surface area contributed by atoms with Crippen LogP contribution in [0.3, 0.4) is 0 Å². The highest BCUT2D eigenvalue weighted by atomic mass is 35.5. The highest BCUT2D eigenvalue weighted by Crippen LogP contribution is 2.35. The summed E-state index contributed by atoms with van der Waals surface area (Å²) < 4.78 is 24.5. The van der Waals surface area contributed by atoms with Crippen molar-refractivity contribution in [3.8, 4) is 5.75 Å². The minimum Gasteiger partial charge on any atom is -0.480 e. The summed E-state index contributed by atoms with van der Waals surface area (Å²) in [5.41, 5.74) is 0.449. The predicted molar refractivity (Wildman–Crippen MR) is 136 cm³/mol. The second kappa shape index (κ2) is 15.1. The molecule has 0 aromatic heterocycles. The number of benzene rings is 1. The highest BCUT2D eigenvalue weighted by molar-refractivity contribution is 6.45. The third-order valence-corrected chi connectivity index (χ3v) is 5.78. The molecule has 0 amide bonds. The van der Waals surface area contributed by atoms with Crippen LogP contribution < -0.4 is 4.74 Å². The van der Waals surface area contributed by atoms with Crippen molar-refractivity contribution in [2.45, 2.75) is 65.5 Å².